The number of fused-ring (bicyclic) bond motifs is 1. The maximum Gasteiger partial charge on any atom is 0.139 e. The van der Waals surface area contributed by atoms with Gasteiger partial charge < -0.3 is 14.8 Å². The highest BCUT2D eigenvalue weighted by Crippen LogP contribution is 2.32. The molecular weight excluding hydrogens is 320 g/mol. The van der Waals surface area contributed by atoms with Gasteiger partial charge in [0.15, 0.2) is 0 Å². The summed E-state index contributed by atoms with van der Waals surface area (Å²) in [6.45, 7) is 0. The standard InChI is InChI=1S/C22H22N4/c1-25(2)18-11-7-10-17(14-18)24-22-19-15-21(16-8-5-4-6-9-16)26(3)20(19)12-13-23-22/h4-15H,1-3H3,(H,23,24). The van der Waals surface area contributed by atoms with Gasteiger partial charge in [0.25, 0.3) is 0 Å². The molecule has 0 unspecified atom stereocenters. The monoisotopic (exact) mass is 342 g/mol. The molecule has 0 aliphatic heterocycles. The molecule has 4 rings (SSSR count). The van der Waals surface area contributed by atoms with E-state index in [1.165, 1.54) is 11.3 Å². The average Bonchev–Trinajstić information content (AvgIpc) is 3.01. The van der Waals surface area contributed by atoms with Crippen LogP contribution in [0.1, 0.15) is 0 Å². The van der Waals surface area contributed by atoms with Gasteiger partial charge >= 0.3 is 0 Å². The van der Waals surface area contributed by atoms with Crippen LogP contribution in [0.2, 0.25) is 0 Å². The first kappa shape index (κ1) is 16.2. The molecule has 0 fully saturated rings. The highest BCUT2D eigenvalue weighted by atomic mass is 15.1. The van der Waals surface area contributed by atoms with E-state index in [0.717, 1.165) is 28.1 Å². The van der Waals surface area contributed by atoms with E-state index in [9.17, 15) is 0 Å². The highest BCUT2D eigenvalue weighted by molar-refractivity contribution is 5.96. The maximum absolute atomic E-state index is 4.59. The number of aryl methyl sites for hydroxylation is 1. The van der Waals surface area contributed by atoms with Crippen LogP contribution < -0.4 is 10.2 Å². The van der Waals surface area contributed by atoms with Crippen molar-refractivity contribution in [2.24, 2.45) is 7.05 Å². The molecule has 4 nitrogen and oxygen atoms in total. The van der Waals surface area contributed by atoms with Gasteiger partial charge in [-0.05, 0) is 35.9 Å². The molecule has 0 atom stereocenters. The van der Waals surface area contributed by atoms with Crippen LogP contribution in [0, 0.1) is 0 Å². The zero-order chi connectivity index (χ0) is 18.1. The van der Waals surface area contributed by atoms with Crippen LogP contribution in [-0.2, 0) is 7.05 Å². The summed E-state index contributed by atoms with van der Waals surface area (Å²) in [5.74, 6) is 0.871. The number of nitrogens with zero attached hydrogens (tertiary/aromatic N) is 3. The Hall–Kier alpha value is -3.27. The van der Waals surface area contributed by atoms with Gasteiger partial charge in [-0.1, -0.05) is 36.4 Å². The third kappa shape index (κ3) is 2.90. The summed E-state index contributed by atoms with van der Waals surface area (Å²) in [6, 6.07) is 23.0. The molecule has 0 radical (unpaired) electrons. The van der Waals surface area contributed by atoms with Crippen molar-refractivity contribution in [3.05, 3.63) is 72.9 Å². The molecule has 0 saturated carbocycles. The van der Waals surface area contributed by atoms with E-state index in [1.807, 2.05) is 26.4 Å². The van der Waals surface area contributed by atoms with Crippen molar-refractivity contribution < 1.29 is 0 Å². The molecule has 2 aromatic carbocycles. The minimum absolute atomic E-state index is 0.871. The Bertz CT molecular complexity index is 1050. The Morgan fingerprint density at radius 3 is 2.50 bits per heavy atom. The van der Waals surface area contributed by atoms with Crippen LogP contribution in [0.5, 0.6) is 0 Å². The molecule has 0 spiro atoms. The average molecular weight is 342 g/mol. The number of rotatable bonds is 4. The van der Waals surface area contributed by atoms with Crippen molar-refractivity contribution >= 4 is 28.1 Å². The van der Waals surface area contributed by atoms with E-state index in [2.05, 4.69) is 87.5 Å². The molecule has 0 amide bonds. The molecule has 0 bridgehead atoms. The largest absolute Gasteiger partial charge is 0.378 e. The molecule has 4 heteroatoms. The topological polar surface area (TPSA) is 33.1 Å². The van der Waals surface area contributed by atoms with Crippen molar-refractivity contribution in [3.63, 3.8) is 0 Å². The Labute approximate surface area is 153 Å². The van der Waals surface area contributed by atoms with Crippen LogP contribution in [-0.4, -0.2) is 23.6 Å². The van der Waals surface area contributed by atoms with Crippen LogP contribution in [0.25, 0.3) is 22.2 Å². The summed E-state index contributed by atoms with van der Waals surface area (Å²) >= 11 is 0. The number of pyridine rings is 1. The molecule has 4 aromatic rings. The second kappa shape index (κ2) is 6.56. The zero-order valence-electron chi connectivity index (χ0n) is 15.3. The van der Waals surface area contributed by atoms with Gasteiger partial charge in [-0.3, -0.25) is 0 Å². The summed E-state index contributed by atoms with van der Waals surface area (Å²) in [5.41, 5.74) is 5.72. The Balaban J connectivity index is 1.78. The van der Waals surface area contributed by atoms with Crippen molar-refractivity contribution in [1.82, 2.24) is 9.55 Å². The number of benzene rings is 2. The van der Waals surface area contributed by atoms with Gasteiger partial charge in [-0.2, -0.15) is 0 Å². The fraction of sp³-hybridized carbons (Fsp3) is 0.136. The second-order valence-corrected chi connectivity index (χ2v) is 6.62. The lowest BCUT2D eigenvalue weighted by molar-refractivity contribution is 0.977. The summed E-state index contributed by atoms with van der Waals surface area (Å²) in [6.07, 6.45) is 1.86. The molecule has 0 aliphatic carbocycles. The van der Waals surface area contributed by atoms with E-state index >= 15 is 0 Å². The van der Waals surface area contributed by atoms with Gasteiger partial charge in [0.2, 0.25) is 0 Å². The van der Waals surface area contributed by atoms with Crippen LogP contribution >= 0.6 is 0 Å². The Kier molecular flexibility index (Phi) is 4.09. The van der Waals surface area contributed by atoms with E-state index in [0.29, 0.717) is 0 Å². The molecule has 0 saturated heterocycles. The Morgan fingerprint density at radius 1 is 0.923 bits per heavy atom. The van der Waals surface area contributed by atoms with Crippen molar-refractivity contribution in [1.29, 1.82) is 0 Å². The van der Waals surface area contributed by atoms with Gasteiger partial charge in [-0.15, -0.1) is 0 Å². The number of hydrogen-bond donors (Lipinski definition) is 1. The molecule has 1 N–H and O–H groups in total. The van der Waals surface area contributed by atoms with Crippen LogP contribution in [0.15, 0.2) is 72.9 Å². The predicted octanol–water partition coefficient (Wildman–Crippen LogP) is 5.05. The molecule has 130 valence electrons. The smallest absolute Gasteiger partial charge is 0.139 e. The number of nitrogens with one attached hydrogen (secondary N) is 1. The first-order valence-electron chi connectivity index (χ1n) is 8.68. The molecule has 2 aromatic heterocycles. The predicted molar refractivity (Wildman–Crippen MR) is 110 cm³/mol. The van der Waals surface area contributed by atoms with Crippen LogP contribution in [0.3, 0.4) is 0 Å². The van der Waals surface area contributed by atoms with E-state index in [4.69, 9.17) is 0 Å². The quantitative estimate of drug-likeness (QED) is 0.563. The molecule has 2 heterocycles. The van der Waals surface area contributed by atoms with Gasteiger partial charge in [-0.25, -0.2) is 4.98 Å². The van der Waals surface area contributed by atoms with Crippen molar-refractivity contribution in [3.8, 4) is 11.3 Å². The highest BCUT2D eigenvalue weighted by Gasteiger charge is 2.12. The third-order valence-electron chi connectivity index (χ3n) is 4.67. The zero-order valence-corrected chi connectivity index (χ0v) is 15.3. The fourth-order valence-corrected chi connectivity index (χ4v) is 3.25. The first-order valence-corrected chi connectivity index (χ1v) is 8.68. The maximum atomic E-state index is 4.59. The number of aromatic nitrogens is 2. The molecular formula is C22H22N4. The SMILES string of the molecule is CN(C)c1cccc(Nc2nccc3c2cc(-c2ccccc2)n3C)c1. The van der Waals surface area contributed by atoms with E-state index in [1.54, 1.807) is 0 Å². The van der Waals surface area contributed by atoms with Gasteiger partial charge in [0.05, 0.1) is 5.52 Å². The summed E-state index contributed by atoms with van der Waals surface area (Å²) in [4.78, 5) is 6.68. The summed E-state index contributed by atoms with van der Waals surface area (Å²) in [7, 11) is 6.18. The first-order chi connectivity index (χ1) is 12.6. The second-order valence-electron chi connectivity index (χ2n) is 6.62. The van der Waals surface area contributed by atoms with E-state index in [-0.39, 0.29) is 0 Å². The van der Waals surface area contributed by atoms with Gasteiger partial charge in [0, 0.05) is 49.8 Å². The third-order valence-corrected chi connectivity index (χ3v) is 4.67. The minimum atomic E-state index is 0.871. The fourth-order valence-electron chi connectivity index (χ4n) is 3.25. The lowest BCUT2D eigenvalue weighted by atomic mass is 10.1. The van der Waals surface area contributed by atoms with Crippen molar-refractivity contribution in [2.45, 2.75) is 0 Å². The summed E-state index contributed by atoms with van der Waals surface area (Å²) in [5, 5.41) is 4.60. The minimum Gasteiger partial charge on any atom is -0.378 e. The normalized spacial score (nSPS) is 10.9. The number of anilines is 3. The van der Waals surface area contributed by atoms with Crippen molar-refractivity contribution in [2.75, 3.05) is 24.3 Å². The number of hydrogen-bond acceptors (Lipinski definition) is 3. The van der Waals surface area contributed by atoms with Gasteiger partial charge in [0.1, 0.15) is 5.82 Å². The van der Waals surface area contributed by atoms with Crippen LogP contribution in [0.4, 0.5) is 17.2 Å². The Morgan fingerprint density at radius 2 is 1.73 bits per heavy atom. The molecule has 0 aliphatic rings. The summed E-state index contributed by atoms with van der Waals surface area (Å²) < 4.78 is 2.22. The lowest BCUT2D eigenvalue weighted by Crippen LogP contribution is -2.08. The van der Waals surface area contributed by atoms with E-state index < -0.39 is 0 Å². The molecule has 26 heavy (non-hydrogen) atoms. The lowest BCUT2D eigenvalue weighted by Gasteiger charge is -2.14.